The fraction of sp³-hybridized carbons (Fsp3) is 0.333. The van der Waals surface area contributed by atoms with Gasteiger partial charge in [0.1, 0.15) is 16.7 Å². The lowest BCUT2D eigenvalue weighted by atomic mass is 10.0. The van der Waals surface area contributed by atoms with Crippen LogP contribution in [0.15, 0.2) is 12.1 Å². The maximum atomic E-state index is 12.7. The summed E-state index contributed by atoms with van der Waals surface area (Å²) in [5.74, 6) is -0.744. The number of hydroxylamine groups is 2. The van der Waals surface area contributed by atoms with E-state index in [0.29, 0.717) is 11.3 Å². The van der Waals surface area contributed by atoms with Crippen LogP contribution in [0.25, 0.3) is 0 Å². The van der Waals surface area contributed by atoms with Crippen LogP contribution in [0.5, 0.6) is 11.5 Å². The molecule has 3 atom stereocenters. The van der Waals surface area contributed by atoms with Gasteiger partial charge in [0.05, 0.1) is 12.1 Å². The molecule has 3 fully saturated rings. The van der Waals surface area contributed by atoms with Crippen LogP contribution in [-0.4, -0.2) is 40.2 Å². The van der Waals surface area contributed by atoms with Crippen molar-refractivity contribution in [3.8, 4) is 11.5 Å². The molecule has 0 aliphatic carbocycles. The molecule has 5 rings (SSSR count). The number of ether oxygens (including phenoxy) is 1. The number of hydrogen-bond acceptors (Lipinski definition) is 8. The maximum absolute atomic E-state index is 12.7. The molecular formula is C12H9ClN2O5S3. The van der Waals surface area contributed by atoms with E-state index < -0.39 is 28.2 Å². The largest absolute Gasteiger partial charge is 0.506 e. The highest BCUT2D eigenvalue weighted by molar-refractivity contribution is 9.09. The monoisotopic (exact) mass is 392 g/mol. The Balaban J connectivity index is 1.92. The van der Waals surface area contributed by atoms with Crippen LogP contribution in [0.4, 0.5) is 0 Å². The Labute approximate surface area is 147 Å². The quantitative estimate of drug-likeness (QED) is 0.702. The summed E-state index contributed by atoms with van der Waals surface area (Å²) in [7, 11) is 5.31. The van der Waals surface area contributed by atoms with Gasteiger partial charge >= 0.3 is 5.72 Å². The Kier molecular flexibility index (Phi) is 3.58. The highest BCUT2D eigenvalue weighted by Crippen LogP contribution is 2.62. The van der Waals surface area contributed by atoms with Crippen LogP contribution < -0.4 is 10.1 Å². The van der Waals surface area contributed by atoms with Gasteiger partial charge in [0.2, 0.25) is 0 Å². The minimum Gasteiger partial charge on any atom is -0.506 e. The molecule has 0 saturated carbocycles. The molecule has 3 saturated heterocycles. The van der Waals surface area contributed by atoms with Crippen molar-refractivity contribution in [3.63, 3.8) is 0 Å². The van der Waals surface area contributed by atoms with Gasteiger partial charge in [-0.1, -0.05) is 22.4 Å². The van der Waals surface area contributed by atoms with Crippen molar-refractivity contribution < 1.29 is 24.3 Å². The zero-order chi connectivity index (χ0) is 16.4. The third-order valence-electron chi connectivity index (χ3n) is 3.75. The summed E-state index contributed by atoms with van der Waals surface area (Å²) in [6.07, 6.45) is 0. The number of hydrogen-bond donors (Lipinski definition) is 2. The predicted molar refractivity (Wildman–Crippen MR) is 87.8 cm³/mol. The summed E-state index contributed by atoms with van der Waals surface area (Å²) in [5, 5.41) is 12.3. The van der Waals surface area contributed by atoms with E-state index in [2.05, 4.69) is 5.32 Å². The zero-order valence-electron chi connectivity index (χ0n) is 11.4. The first-order valence-electron chi connectivity index (χ1n) is 6.38. The molecule has 1 aromatic rings. The summed E-state index contributed by atoms with van der Waals surface area (Å²) in [6.45, 7) is 0. The molecule has 2 amide bonds. The normalized spacial score (nSPS) is 31.8. The molecular weight excluding hydrogens is 384 g/mol. The number of nitrogens with zero attached hydrogens (tertiary/aromatic N) is 1. The lowest BCUT2D eigenvalue weighted by molar-refractivity contribution is -0.252. The van der Waals surface area contributed by atoms with Crippen LogP contribution in [-0.2, 0) is 14.4 Å². The molecule has 1 aromatic carbocycles. The summed E-state index contributed by atoms with van der Waals surface area (Å²) >= 11 is 5.99. The molecule has 23 heavy (non-hydrogen) atoms. The van der Waals surface area contributed by atoms with Gasteiger partial charge in [-0.15, -0.1) is 0 Å². The SMILES string of the molecule is CON1C(=O)C2NC(=O)C13Oc1cc(O)c(Cl)cc1C3SSS2. The van der Waals surface area contributed by atoms with Gasteiger partial charge in [-0.25, -0.2) is 0 Å². The average molecular weight is 393 g/mol. The van der Waals surface area contributed by atoms with Gasteiger partial charge < -0.3 is 15.2 Å². The van der Waals surface area contributed by atoms with Crippen molar-refractivity contribution >= 4 is 54.8 Å². The van der Waals surface area contributed by atoms with Crippen LogP contribution in [0.3, 0.4) is 0 Å². The first kappa shape index (κ1) is 15.6. The van der Waals surface area contributed by atoms with E-state index in [1.165, 1.54) is 44.6 Å². The number of phenolic OH excluding ortho intramolecular Hbond substituents is 1. The van der Waals surface area contributed by atoms with E-state index >= 15 is 0 Å². The molecule has 0 aromatic heterocycles. The molecule has 4 aliphatic rings. The number of halogens is 1. The van der Waals surface area contributed by atoms with Crippen molar-refractivity contribution in [1.29, 1.82) is 0 Å². The number of phenols is 1. The Morgan fingerprint density at radius 3 is 2.96 bits per heavy atom. The molecule has 122 valence electrons. The molecule has 4 aliphatic heterocycles. The number of aromatic hydroxyl groups is 1. The first-order valence-corrected chi connectivity index (χ1v) is 10.4. The summed E-state index contributed by atoms with van der Waals surface area (Å²) in [4.78, 5) is 30.5. The highest BCUT2D eigenvalue weighted by Gasteiger charge is 2.66. The number of piperazine rings is 1. The van der Waals surface area contributed by atoms with Crippen molar-refractivity contribution in [1.82, 2.24) is 10.4 Å². The number of nitrogens with one attached hydrogen (secondary N) is 1. The third-order valence-corrected chi connectivity index (χ3v) is 8.53. The molecule has 0 radical (unpaired) electrons. The standard InChI is InChI=1S/C12H9ClN2O5S3/c1-19-15-10(17)9-14-11(18)12(15)8(21-23-22-9)4-2-5(13)6(16)3-7(4)20-12/h2-3,8-9,16H,1H3,(H,14,18). The highest BCUT2D eigenvalue weighted by atomic mass is 35.5. The van der Waals surface area contributed by atoms with Gasteiger partial charge in [-0.05, 0) is 26.7 Å². The lowest BCUT2D eigenvalue weighted by Crippen LogP contribution is -2.72. The topological polar surface area (TPSA) is 88.1 Å². The molecule has 2 N–H and O–H groups in total. The molecule has 11 heteroatoms. The minimum absolute atomic E-state index is 0.147. The van der Waals surface area contributed by atoms with Crippen LogP contribution >= 0.6 is 43.0 Å². The minimum atomic E-state index is -1.67. The zero-order valence-corrected chi connectivity index (χ0v) is 14.6. The molecule has 7 nitrogen and oxygen atoms in total. The number of carbonyl (C=O) groups is 2. The van der Waals surface area contributed by atoms with Crippen molar-refractivity contribution in [2.75, 3.05) is 7.11 Å². The van der Waals surface area contributed by atoms with Gasteiger partial charge in [0.15, 0.2) is 5.37 Å². The van der Waals surface area contributed by atoms with Crippen LogP contribution in [0, 0.1) is 0 Å². The second-order valence-electron chi connectivity index (χ2n) is 4.95. The van der Waals surface area contributed by atoms with Crippen LogP contribution in [0.1, 0.15) is 10.8 Å². The summed E-state index contributed by atoms with van der Waals surface area (Å²) < 4.78 is 5.85. The van der Waals surface area contributed by atoms with Crippen molar-refractivity contribution in [2.24, 2.45) is 0 Å². The smallest absolute Gasteiger partial charge is 0.303 e. The Hall–Kier alpha value is -0.940. The number of carbonyl (C=O) groups excluding carboxylic acids is 2. The Bertz CT molecular complexity index is 735. The Morgan fingerprint density at radius 2 is 2.22 bits per heavy atom. The van der Waals surface area contributed by atoms with E-state index in [1.54, 1.807) is 6.07 Å². The average Bonchev–Trinajstić information content (AvgIpc) is 2.78. The predicted octanol–water partition coefficient (Wildman–Crippen LogP) is 2.06. The van der Waals surface area contributed by atoms with E-state index in [4.69, 9.17) is 21.2 Å². The third kappa shape index (κ3) is 1.99. The first-order chi connectivity index (χ1) is 11.0. The Morgan fingerprint density at radius 1 is 1.43 bits per heavy atom. The summed E-state index contributed by atoms with van der Waals surface area (Å²) in [6, 6.07) is 2.89. The fourth-order valence-corrected chi connectivity index (χ4v) is 7.65. The van der Waals surface area contributed by atoms with E-state index in [-0.39, 0.29) is 10.8 Å². The molecule has 4 heterocycles. The van der Waals surface area contributed by atoms with E-state index in [9.17, 15) is 14.7 Å². The van der Waals surface area contributed by atoms with Gasteiger partial charge in [0.25, 0.3) is 11.8 Å². The van der Waals surface area contributed by atoms with Gasteiger partial charge in [-0.3, -0.25) is 14.4 Å². The number of amides is 2. The van der Waals surface area contributed by atoms with E-state index in [1.807, 2.05) is 0 Å². The second kappa shape index (κ2) is 5.28. The fourth-order valence-electron chi connectivity index (χ4n) is 2.75. The van der Waals surface area contributed by atoms with Crippen LogP contribution in [0.2, 0.25) is 5.02 Å². The van der Waals surface area contributed by atoms with Gasteiger partial charge in [0, 0.05) is 11.6 Å². The number of rotatable bonds is 1. The summed E-state index contributed by atoms with van der Waals surface area (Å²) in [5.41, 5.74) is -1.04. The number of benzene rings is 1. The van der Waals surface area contributed by atoms with Crippen molar-refractivity contribution in [2.45, 2.75) is 16.3 Å². The maximum Gasteiger partial charge on any atom is 0.303 e. The van der Waals surface area contributed by atoms with E-state index in [0.717, 1.165) is 5.06 Å². The van der Waals surface area contributed by atoms with Gasteiger partial charge in [-0.2, -0.15) is 5.06 Å². The molecule has 2 bridgehead atoms. The number of fused-ring (bicyclic) bond motifs is 5. The lowest BCUT2D eigenvalue weighted by Gasteiger charge is -2.46. The molecule has 3 unspecified atom stereocenters. The second-order valence-corrected chi connectivity index (χ2v) is 9.61. The molecule has 1 spiro atoms. The van der Waals surface area contributed by atoms with Crippen molar-refractivity contribution in [3.05, 3.63) is 22.7 Å².